The third-order valence-electron chi connectivity index (χ3n) is 4.90. The number of unbranched alkanes of at least 4 members (excludes halogenated alkanes) is 1. The molecule has 0 radical (unpaired) electrons. The van der Waals surface area contributed by atoms with Crippen LogP contribution in [-0.4, -0.2) is 54.7 Å². The Bertz CT molecular complexity index is 509. The molecule has 1 atom stereocenters. The Kier molecular flexibility index (Phi) is 10.3. The molecule has 0 aromatic carbocycles. The van der Waals surface area contributed by atoms with Crippen molar-refractivity contribution >= 4 is 18.0 Å². The fourth-order valence-corrected chi connectivity index (χ4v) is 3.47. The lowest BCUT2D eigenvalue weighted by Gasteiger charge is -2.32. The van der Waals surface area contributed by atoms with Crippen LogP contribution in [0, 0.1) is 5.92 Å². The first-order valence-corrected chi connectivity index (χ1v) is 10.5. The molecule has 28 heavy (non-hydrogen) atoms. The molecule has 7 heteroatoms. The Morgan fingerprint density at radius 1 is 1.14 bits per heavy atom. The van der Waals surface area contributed by atoms with Gasteiger partial charge in [-0.05, 0) is 46.0 Å². The largest absolute Gasteiger partial charge is 0.468 e. The van der Waals surface area contributed by atoms with E-state index in [-0.39, 0.29) is 12.5 Å². The highest BCUT2D eigenvalue weighted by Gasteiger charge is 2.30. The summed E-state index contributed by atoms with van der Waals surface area (Å²) in [6.07, 6.45) is 7.24. The molecular weight excluding hydrogens is 360 g/mol. The number of ether oxygens (including phenoxy) is 2. The van der Waals surface area contributed by atoms with Crippen molar-refractivity contribution < 1.29 is 23.9 Å². The van der Waals surface area contributed by atoms with Crippen LogP contribution in [0.25, 0.3) is 0 Å². The van der Waals surface area contributed by atoms with Gasteiger partial charge in [0.1, 0.15) is 18.2 Å². The smallest absolute Gasteiger partial charge is 0.408 e. The second-order valence-corrected chi connectivity index (χ2v) is 8.64. The molecule has 0 aromatic heterocycles. The maximum absolute atomic E-state index is 13.2. The first kappa shape index (κ1) is 24.2. The van der Waals surface area contributed by atoms with Gasteiger partial charge in [0.2, 0.25) is 5.91 Å². The van der Waals surface area contributed by atoms with Gasteiger partial charge in [0.05, 0.1) is 7.11 Å². The summed E-state index contributed by atoms with van der Waals surface area (Å²) < 4.78 is 10.1. The molecule has 2 amide bonds. The minimum Gasteiger partial charge on any atom is -0.468 e. The van der Waals surface area contributed by atoms with Gasteiger partial charge >= 0.3 is 12.1 Å². The molecule has 0 spiro atoms. The fraction of sp³-hybridized carbons (Fsp3) is 0.857. The summed E-state index contributed by atoms with van der Waals surface area (Å²) in [4.78, 5) is 38.9. The summed E-state index contributed by atoms with van der Waals surface area (Å²) in [5.41, 5.74) is -0.643. The normalized spacial score (nSPS) is 16.2. The van der Waals surface area contributed by atoms with E-state index in [2.05, 4.69) is 5.32 Å². The molecule has 0 heterocycles. The van der Waals surface area contributed by atoms with Crippen molar-refractivity contribution in [1.82, 2.24) is 10.2 Å². The minimum absolute atomic E-state index is 0.0928. The van der Waals surface area contributed by atoms with Gasteiger partial charge in [-0.1, -0.05) is 39.0 Å². The van der Waals surface area contributed by atoms with Crippen LogP contribution < -0.4 is 5.32 Å². The molecule has 1 rings (SSSR count). The lowest BCUT2D eigenvalue weighted by molar-refractivity contribution is -0.148. The van der Waals surface area contributed by atoms with Crippen molar-refractivity contribution in [2.24, 2.45) is 5.92 Å². The van der Waals surface area contributed by atoms with Crippen molar-refractivity contribution in [2.45, 2.75) is 90.7 Å². The highest BCUT2D eigenvalue weighted by molar-refractivity contribution is 5.88. The fourth-order valence-electron chi connectivity index (χ4n) is 3.47. The van der Waals surface area contributed by atoms with E-state index >= 15 is 0 Å². The average Bonchev–Trinajstić information content (AvgIpc) is 2.63. The number of hydrogen-bond acceptors (Lipinski definition) is 5. The Morgan fingerprint density at radius 3 is 2.32 bits per heavy atom. The molecule has 0 saturated heterocycles. The molecule has 7 nitrogen and oxygen atoms in total. The standard InChI is InChI=1S/C21H38N2O5/c1-6-7-13-17(22-20(26)28-21(2,3)4)19(25)23(15-18(24)27-5)14-16-11-9-8-10-12-16/h16-17H,6-15H2,1-5H3,(H,22,26)/t17-/m0/s1. The molecule has 1 N–H and O–H groups in total. The van der Waals surface area contributed by atoms with Crippen molar-refractivity contribution in [1.29, 1.82) is 0 Å². The molecule has 0 aliphatic heterocycles. The van der Waals surface area contributed by atoms with E-state index in [1.54, 1.807) is 25.7 Å². The van der Waals surface area contributed by atoms with Gasteiger partial charge in [-0.2, -0.15) is 0 Å². The van der Waals surface area contributed by atoms with Gasteiger partial charge in [-0.15, -0.1) is 0 Å². The van der Waals surface area contributed by atoms with Crippen LogP contribution in [0.4, 0.5) is 4.79 Å². The number of esters is 1. The monoisotopic (exact) mass is 398 g/mol. The number of carbonyl (C=O) groups is 3. The Labute approximate surface area is 169 Å². The molecule has 1 aliphatic carbocycles. The molecular formula is C21H38N2O5. The minimum atomic E-state index is -0.706. The summed E-state index contributed by atoms with van der Waals surface area (Å²) in [5, 5.41) is 2.71. The lowest BCUT2D eigenvalue weighted by Crippen LogP contribution is -2.52. The molecule has 0 unspecified atom stereocenters. The third kappa shape index (κ3) is 9.42. The van der Waals surface area contributed by atoms with E-state index in [0.29, 0.717) is 18.9 Å². The molecule has 1 aliphatic rings. The van der Waals surface area contributed by atoms with E-state index in [4.69, 9.17) is 9.47 Å². The van der Waals surface area contributed by atoms with Gasteiger partial charge < -0.3 is 19.7 Å². The van der Waals surface area contributed by atoms with Gasteiger partial charge in [0.15, 0.2) is 0 Å². The quantitative estimate of drug-likeness (QED) is 0.599. The lowest BCUT2D eigenvalue weighted by atomic mass is 9.88. The zero-order valence-electron chi connectivity index (χ0n) is 18.2. The van der Waals surface area contributed by atoms with E-state index in [1.807, 2.05) is 6.92 Å². The summed E-state index contributed by atoms with van der Waals surface area (Å²) >= 11 is 0. The predicted octanol–water partition coefficient (Wildman–Crippen LogP) is 3.65. The van der Waals surface area contributed by atoms with E-state index in [9.17, 15) is 14.4 Å². The van der Waals surface area contributed by atoms with E-state index < -0.39 is 23.7 Å². The van der Waals surface area contributed by atoms with Crippen LogP contribution in [0.3, 0.4) is 0 Å². The number of alkyl carbamates (subject to hydrolysis) is 1. The number of methoxy groups -OCH3 is 1. The third-order valence-corrected chi connectivity index (χ3v) is 4.90. The SMILES string of the molecule is CCCC[C@H](NC(=O)OC(C)(C)C)C(=O)N(CC(=O)OC)CC1CCCCC1. The second-order valence-electron chi connectivity index (χ2n) is 8.64. The molecule has 0 aromatic rings. The van der Waals surface area contributed by atoms with Crippen molar-refractivity contribution in [2.75, 3.05) is 20.2 Å². The van der Waals surface area contributed by atoms with Crippen LogP contribution in [-0.2, 0) is 19.1 Å². The van der Waals surface area contributed by atoms with E-state index in [1.165, 1.54) is 13.5 Å². The maximum atomic E-state index is 13.2. The van der Waals surface area contributed by atoms with Gasteiger partial charge in [0, 0.05) is 6.54 Å². The summed E-state index contributed by atoms with van der Waals surface area (Å²) in [7, 11) is 1.32. The van der Waals surface area contributed by atoms with Crippen molar-refractivity contribution in [3.8, 4) is 0 Å². The highest BCUT2D eigenvalue weighted by Crippen LogP contribution is 2.25. The van der Waals surface area contributed by atoms with Gasteiger partial charge in [0.25, 0.3) is 0 Å². The van der Waals surface area contributed by atoms with Crippen LogP contribution >= 0.6 is 0 Å². The number of hydrogen-bond donors (Lipinski definition) is 1. The zero-order chi connectivity index (χ0) is 21.2. The zero-order valence-corrected chi connectivity index (χ0v) is 18.2. The number of nitrogens with one attached hydrogen (secondary N) is 1. The van der Waals surface area contributed by atoms with Gasteiger partial charge in [-0.25, -0.2) is 4.79 Å². The number of nitrogens with zero attached hydrogens (tertiary/aromatic N) is 1. The van der Waals surface area contributed by atoms with Crippen LogP contribution in [0.15, 0.2) is 0 Å². The Balaban J connectivity index is 2.88. The maximum Gasteiger partial charge on any atom is 0.408 e. The summed E-state index contributed by atoms with van der Waals surface area (Å²) in [6.45, 7) is 7.80. The summed E-state index contributed by atoms with van der Waals surface area (Å²) in [6, 6.07) is -0.706. The molecule has 1 saturated carbocycles. The number of carbonyl (C=O) groups excluding carboxylic acids is 3. The average molecular weight is 399 g/mol. The molecule has 0 bridgehead atoms. The first-order valence-electron chi connectivity index (χ1n) is 10.5. The van der Waals surface area contributed by atoms with Gasteiger partial charge in [-0.3, -0.25) is 9.59 Å². The Morgan fingerprint density at radius 2 is 1.79 bits per heavy atom. The van der Waals surface area contributed by atoms with Crippen LogP contribution in [0.5, 0.6) is 0 Å². The van der Waals surface area contributed by atoms with Crippen LogP contribution in [0.2, 0.25) is 0 Å². The van der Waals surface area contributed by atoms with E-state index in [0.717, 1.165) is 38.5 Å². The predicted molar refractivity (Wildman–Crippen MR) is 108 cm³/mol. The van der Waals surface area contributed by atoms with Crippen molar-refractivity contribution in [3.05, 3.63) is 0 Å². The highest BCUT2D eigenvalue weighted by atomic mass is 16.6. The molecule has 1 fully saturated rings. The second kappa shape index (κ2) is 11.9. The topological polar surface area (TPSA) is 84.9 Å². The first-order chi connectivity index (χ1) is 13.2. The van der Waals surface area contributed by atoms with Crippen LogP contribution in [0.1, 0.15) is 79.1 Å². The summed E-state index contributed by atoms with van der Waals surface area (Å²) in [5.74, 6) is -0.304. The van der Waals surface area contributed by atoms with Crippen molar-refractivity contribution in [3.63, 3.8) is 0 Å². The molecule has 162 valence electrons. The number of rotatable bonds is 9. The Hall–Kier alpha value is -1.79. The number of amides is 2.